The number of sulfonamides is 1. The molecular weight excluding hydrogens is 514 g/mol. The largest absolute Gasteiger partial charge is 0.494 e. The van der Waals surface area contributed by atoms with Gasteiger partial charge in [-0.25, -0.2) is 23.4 Å². The second kappa shape index (κ2) is 11.0. The molecule has 0 aliphatic heterocycles. The maximum absolute atomic E-state index is 13.4. The van der Waals surface area contributed by atoms with Crippen LogP contribution in [0.1, 0.15) is 24.4 Å². The number of benzene rings is 1. The zero-order valence-corrected chi connectivity index (χ0v) is 22.2. The van der Waals surface area contributed by atoms with Crippen molar-refractivity contribution in [2.24, 2.45) is 0 Å². The van der Waals surface area contributed by atoms with Gasteiger partial charge in [-0.05, 0) is 32.0 Å². The molecule has 200 valence electrons. The van der Waals surface area contributed by atoms with Gasteiger partial charge in [0.25, 0.3) is 0 Å². The van der Waals surface area contributed by atoms with Gasteiger partial charge in [-0.15, -0.1) is 10.2 Å². The summed E-state index contributed by atoms with van der Waals surface area (Å²) in [6.45, 7) is 3.05. The first-order valence-corrected chi connectivity index (χ1v) is 12.9. The first-order chi connectivity index (χ1) is 18.2. The molecule has 38 heavy (non-hydrogen) atoms. The van der Waals surface area contributed by atoms with Crippen LogP contribution >= 0.6 is 0 Å². The third-order valence-corrected chi connectivity index (χ3v) is 7.46. The van der Waals surface area contributed by atoms with Crippen molar-refractivity contribution in [2.75, 3.05) is 26.1 Å². The number of aromatic nitrogens is 6. The van der Waals surface area contributed by atoms with Crippen molar-refractivity contribution in [1.82, 2.24) is 29.7 Å². The number of rotatable bonds is 10. The Labute approximate surface area is 219 Å². The predicted molar refractivity (Wildman–Crippen MR) is 138 cm³/mol. The number of aliphatic hydroxyl groups is 1. The fourth-order valence-corrected chi connectivity index (χ4v) is 4.72. The lowest BCUT2D eigenvalue weighted by molar-refractivity contribution is 0.175. The first kappa shape index (κ1) is 26.8. The van der Waals surface area contributed by atoms with Crippen LogP contribution in [-0.2, 0) is 10.0 Å². The van der Waals surface area contributed by atoms with Crippen molar-refractivity contribution in [3.8, 4) is 34.6 Å². The smallest absolute Gasteiger partial charge is 0.243 e. The van der Waals surface area contributed by atoms with Crippen LogP contribution in [0.5, 0.6) is 17.4 Å². The van der Waals surface area contributed by atoms with Crippen LogP contribution in [-0.4, -0.2) is 69.8 Å². The molecule has 13 nitrogen and oxygen atoms in total. The Balaban J connectivity index is 1.84. The maximum Gasteiger partial charge on any atom is 0.243 e. The highest BCUT2D eigenvalue weighted by Gasteiger charge is 2.33. The monoisotopic (exact) mass is 541 g/mol. The van der Waals surface area contributed by atoms with Gasteiger partial charge in [0.05, 0.1) is 21.3 Å². The predicted octanol–water partition coefficient (Wildman–Crippen LogP) is 2.32. The number of methoxy groups -OCH3 is 3. The summed E-state index contributed by atoms with van der Waals surface area (Å²) >= 11 is 0. The third-order valence-electron chi connectivity index (χ3n) is 5.76. The van der Waals surface area contributed by atoms with Crippen molar-refractivity contribution in [1.29, 1.82) is 0 Å². The average Bonchev–Trinajstić information content (AvgIpc) is 3.34. The Morgan fingerprint density at radius 2 is 1.58 bits per heavy atom. The Kier molecular flexibility index (Phi) is 7.73. The zero-order chi connectivity index (χ0) is 27.4. The highest BCUT2D eigenvalue weighted by Crippen LogP contribution is 2.38. The highest BCUT2D eigenvalue weighted by atomic mass is 32.2. The summed E-state index contributed by atoms with van der Waals surface area (Å²) in [5.74, 6) is 1.55. The van der Waals surface area contributed by atoms with Gasteiger partial charge in [-0.2, -0.15) is 0 Å². The average molecular weight is 542 g/mol. The van der Waals surface area contributed by atoms with E-state index in [1.807, 2.05) is 0 Å². The number of hydrogen-bond acceptors (Lipinski definition) is 11. The lowest BCUT2D eigenvalue weighted by Crippen LogP contribution is -2.32. The number of nitrogens with zero attached hydrogens (tertiary/aromatic N) is 6. The Morgan fingerprint density at radius 3 is 2.18 bits per heavy atom. The number of nitrogens with one attached hydrogen (secondary N) is 1. The van der Waals surface area contributed by atoms with E-state index in [1.54, 1.807) is 43.3 Å². The van der Waals surface area contributed by atoms with Gasteiger partial charge in [0.15, 0.2) is 5.82 Å². The van der Waals surface area contributed by atoms with E-state index in [0.717, 1.165) is 0 Å². The van der Waals surface area contributed by atoms with E-state index in [0.29, 0.717) is 34.6 Å². The SMILES string of the molecule is COc1cccc(-c2nnc(NS(=O)(=O)[C@@H](C)[C@@H](O)c3cnc(C)nc3)n2-c2c(OC)cccc2OC)n1. The number of hydrogen-bond donors (Lipinski definition) is 2. The summed E-state index contributed by atoms with van der Waals surface area (Å²) < 4.78 is 47.1. The summed E-state index contributed by atoms with van der Waals surface area (Å²) in [5.41, 5.74) is 0.933. The molecule has 3 heterocycles. The van der Waals surface area contributed by atoms with Crippen LogP contribution in [0.15, 0.2) is 48.8 Å². The van der Waals surface area contributed by atoms with E-state index in [2.05, 4.69) is 29.9 Å². The van der Waals surface area contributed by atoms with Gasteiger partial charge in [0.1, 0.15) is 40.1 Å². The standard InChI is InChI=1S/C24H27N7O6S/c1-14(22(32)16-12-25-15(2)26-13-16)38(33,34)30-24-29-28-23(17-8-6-11-20(27-17)37-5)31(24)21-18(35-3)9-7-10-19(21)36-4/h6-14,22,32H,1-5H3,(H,29,30)/t14-,22+/m0/s1. The van der Waals surface area contributed by atoms with E-state index < -0.39 is 21.4 Å². The molecule has 0 saturated heterocycles. The van der Waals surface area contributed by atoms with E-state index >= 15 is 0 Å². The Bertz CT molecular complexity index is 1500. The Hall–Kier alpha value is -4.30. The summed E-state index contributed by atoms with van der Waals surface area (Å²) in [6, 6.07) is 10.1. The van der Waals surface area contributed by atoms with Gasteiger partial charge in [-0.1, -0.05) is 12.1 Å². The van der Waals surface area contributed by atoms with Gasteiger partial charge < -0.3 is 19.3 Å². The number of anilines is 1. The van der Waals surface area contributed by atoms with Gasteiger partial charge in [0, 0.05) is 24.0 Å². The minimum Gasteiger partial charge on any atom is -0.494 e. The number of para-hydroxylation sites is 1. The van der Waals surface area contributed by atoms with E-state index in [-0.39, 0.29) is 17.3 Å². The molecule has 0 radical (unpaired) electrons. The molecule has 0 aliphatic carbocycles. The normalized spacial score (nSPS) is 13.0. The highest BCUT2D eigenvalue weighted by molar-refractivity contribution is 7.93. The molecule has 1 aromatic carbocycles. The summed E-state index contributed by atoms with van der Waals surface area (Å²) in [5, 5.41) is 17.8. The topological polar surface area (TPSA) is 163 Å². The lowest BCUT2D eigenvalue weighted by Gasteiger charge is -2.21. The Morgan fingerprint density at radius 1 is 0.947 bits per heavy atom. The van der Waals surface area contributed by atoms with Crippen LogP contribution in [0.25, 0.3) is 17.2 Å². The summed E-state index contributed by atoms with van der Waals surface area (Å²) in [4.78, 5) is 12.5. The molecule has 0 amide bonds. The molecular formula is C24H27N7O6S. The van der Waals surface area contributed by atoms with Crippen LogP contribution in [0.3, 0.4) is 0 Å². The molecule has 0 saturated carbocycles. The molecule has 3 aromatic heterocycles. The van der Waals surface area contributed by atoms with Crippen LogP contribution in [0, 0.1) is 6.92 Å². The van der Waals surface area contributed by atoms with Crippen molar-refractivity contribution >= 4 is 16.0 Å². The molecule has 0 bridgehead atoms. The molecule has 0 spiro atoms. The van der Waals surface area contributed by atoms with Crippen molar-refractivity contribution in [3.63, 3.8) is 0 Å². The molecule has 0 aliphatic rings. The second-order valence-electron chi connectivity index (χ2n) is 8.12. The fraction of sp³-hybridized carbons (Fsp3) is 0.292. The second-order valence-corrected chi connectivity index (χ2v) is 10.2. The van der Waals surface area contributed by atoms with E-state index in [9.17, 15) is 13.5 Å². The van der Waals surface area contributed by atoms with Crippen LogP contribution < -0.4 is 18.9 Å². The van der Waals surface area contributed by atoms with Crippen molar-refractivity contribution in [3.05, 3.63) is 60.2 Å². The van der Waals surface area contributed by atoms with Gasteiger partial charge >= 0.3 is 0 Å². The molecule has 14 heteroatoms. The number of aliphatic hydroxyl groups excluding tert-OH is 1. The minimum absolute atomic E-state index is 0.174. The minimum atomic E-state index is -4.23. The molecule has 0 fully saturated rings. The molecule has 4 aromatic rings. The van der Waals surface area contributed by atoms with Gasteiger partial charge in [-0.3, -0.25) is 9.29 Å². The first-order valence-electron chi connectivity index (χ1n) is 11.4. The lowest BCUT2D eigenvalue weighted by atomic mass is 10.1. The van der Waals surface area contributed by atoms with Crippen LogP contribution in [0.2, 0.25) is 0 Å². The van der Waals surface area contributed by atoms with Gasteiger partial charge in [0.2, 0.25) is 21.9 Å². The molecule has 4 rings (SSSR count). The number of aryl methyl sites for hydroxylation is 1. The maximum atomic E-state index is 13.4. The molecule has 2 atom stereocenters. The molecule has 2 N–H and O–H groups in total. The fourth-order valence-electron chi connectivity index (χ4n) is 3.65. The quantitative estimate of drug-likeness (QED) is 0.303. The zero-order valence-electron chi connectivity index (χ0n) is 21.4. The summed E-state index contributed by atoms with van der Waals surface area (Å²) in [6.07, 6.45) is 1.35. The van der Waals surface area contributed by atoms with Crippen molar-refractivity contribution in [2.45, 2.75) is 25.2 Å². The van der Waals surface area contributed by atoms with Crippen molar-refractivity contribution < 1.29 is 27.7 Å². The number of ether oxygens (including phenoxy) is 3. The van der Waals surface area contributed by atoms with E-state index in [4.69, 9.17) is 14.2 Å². The number of pyridine rings is 1. The summed E-state index contributed by atoms with van der Waals surface area (Å²) in [7, 11) is 0.190. The van der Waals surface area contributed by atoms with Crippen LogP contribution in [0.4, 0.5) is 5.95 Å². The third kappa shape index (κ3) is 5.21. The molecule has 0 unspecified atom stereocenters. The van der Waals surface area contributed by atoms with E-state index in [1.165, 1.54) is 45.2 Å².